The Morgan fingerprint density at radius 3 is 1.56 bits per heavy atom. The van der Waals surface area contributed by atoms with E-state index in [0.717, 1.165) is 22.7 Å². The second-order valence-electron chi connectivity index (χ2n) is 16.2. The summed E-state index contributed by atoms with van der Waals surface area (Å²) >= 11 is 0. The zero-order valence-electron chi connectivity index (χ0n) is 33.2. The number of hydrogen-bond donors (Lipinski definition) is 0. The molecule has 59 heavy (non-hydrogen) atoms. The largest absolute Gasteiger partial charge is 0.310 e. The molecular formula is C57H42N2. The zero-order chi connectivity index (χ0) is 39.5. The molecule has 0 N–H and O–H groups in total. The summed E-state index contributed by atoms with van der Waals surface area (Å²) in [4.78, 5) is 2.43. The van der Waals surface area contributed by atoms with Crippen LogP contribution in [0.3, 0.4) is 0 Å². The maximum absolute atomic E-state index is 2.43. The van der Waals surface area contributed by atoms with Gasteiger partial charge in [0.15, 0.2) is 0 Å². The summed E-state index contributed by atoms with van der Waals surface area (Å²) in [7, 11) is 0. The average molecular weight is 755 g/mol. The molecule has 9 aromatic carbocycles. The fourth-order valence-electron chi connectivity index (χ4n) is 9.50. The lowest BCUT2D eigenvalue weighted by molar-refractivity contribution is 0.660. The van der Waals surface area contributed by atoms with Gasteiger partial charge in [-0.3, -0.25) is 0 Å². The number of rotatable bonds is 7. The van der Waals surface area contributed by atoms with E-state index in [4.69, 9.17) is 0 Å². The minimum Gasteiger partial charge on any atom is -0.310 e. The van der Waals surface area contributed by atoms with Gasteiger partial charge in [-0.15, -0.1) is 0 Å². The lowest BCUT2D eigenvalue weighted by atomic mass is 9.82. The second-order valence-corrected chi connectivity index (χ2v) is 16.2. The first kappa shape index (κ1) is 34.8. The van der Waals surface area contributed by atoms with Crippen LogP contribution in [0.4, 0.5) is 17.1 Å². The summed E-state index contributed by atoms with van der Waals surface area (Å²) in [6, 6.07) is 79.8. The van der Waals surface area contributed by atoms with E-state index in [2.05, 4.69) is 242 Å². The van der Waals surface area contributed by atoms with E-state index in [9.17, 15) is 0 Å². The van der Waals surface area contributed by atoms with E-state index in [0.29, 0.717) is 0 Å². The highest BCUT2D eigenvalue weighted by Crippen LogP contribution is 2.51. The fourth-order valence-corrected chi connectivity index (χ4v) is 9.50. The van der Waals surface area contributed by atoms with Crippen LogP contribution in [0.2, 0.25) is 0 Å². The molecule has 11 rings (SSSR count). The number of nitrogens with zero attached hydrogens (tertiary/aromatic N) is 2. The van der Waals surface area contributed by atoms with Crippen LogP contribution in [-0.2, 0) is 5.41 Å². The normalized spacial score (nSPS) is 12.7. The Bertz CT molecular complexity index is 3120. The monoisotopic (exact) mass is 754 g/mol. The maximum Gasteiger partial charge on any atom is 0.0541 e. The van der Waals surface area contributed by atoms with Gasteiger partial charge in [0.1, 0.15) is 0 Å². The quantitative estimate of drug-likeness (QED) is 0.157. The molecule has 10 aromatic rings. The van der Waals surface area contributed by atoms with Crippen LogP contribution in [0.5, 0.6) is 0 Å². The molecule has 0 unspecified atom stereocenters. The molecule has 2 heteroatoms. The Morgan fingerprint density at radius 1 is 0.339 bits per heavy atom. The van der Waals surface area contributed by atoms with E-state index in [1.54, 1.807) is 0 Å². The van der Waals surface area contributed by atoms with Gasteiger partial charge in [0.25, 0.3) is 0 Å². The zero-order valence-corrected chi connectivity index (χ0v) is 33.2. The van der Waals surface area contributed by atoms with Crippen molar-refractivity contribution < 1.29 is 0 Å². The van der Waals surface area contributed by atoms with Crippen molar-refractivity contribution in [1.29, 1.82) is 0 Å². The van der Waals surface area contributed by atoms with Crippen LogP contribution in [0.1, 0.15) is 25.0 Å². The summed E-state index contributed by atoms with van der Waals surface area (Å²) in [5.41, 5.74) is 19.3. The average Bonchev–Trinajstić information content (AvgIpc) is 3.75. The number of para-hydroxylation sites is 2. The lowest BCUT2D eigenvalue weighted by Crippen LogP contribution is -2.16. The molecule has 0 radical (unpaired) electrons. The topological polar surface area (TPSA) is 8.17 Å². The molecule has 0 amide bonds. The number of aromatic nitrogens is 1. The van der Waals surface area contributed by atoms with Crippen molar-refractivity contribution >= 4 is 38.9 Å². The molecule has 0 aliphatic heterocycles. The SMILES string of the molecule is CC1(C)c2ccccc2-c2ccc(N(c3ccc(-c4cccc(-n5c6ccccc6c6ccccc65)c4)cc3)c3ccc(-c4ccccc4)c(-c4ccccc4)c3)cc21. The predicted octanol–water partition coefficient (Wildman–Crippen LogP) is 15.6. The summed E-state index contributed by atoms with van der Waals surface area (Å²) < 4.78 is 2.39. The Labute approximate surface area is 345 Å². The molecule has 0 saturated carbocycles. The molecule has 1 aliphatic rings. The highest BCUT2D eigenvalue weighted by atomic mass is 15.1. The van der Waals surface area contributed by atoms with Crippen molar-refractivity contribution in [3.8, 4) is 50.2 Å². The lowest BCUT2D eigenvalue weighted by Gasteiger charge is -2.29. The third kappa shape index (κ3) is 5.79. The van der Waals surface area contributed by atoms with Crippen LogP contribution in [-0.4, -0.2) is 4.57 Å². The van der Waals surface area contributed by atoms with Crippen molar-refractivity contribution in [2.75, 3.05) is 4.90 Å². The highest BCUT2D eigenvalue weighted by Gasteiger charge is 2.35. The molecular weight excluding hydrogens is 713 g/mol. The van der Waals surface area contributed by atoms with Gasteiger partial charge < -0.3 is 9.47 Å². The Morgan fingerprint density at radius 2 is 0.864 bits per heavy atom. The van der Waals surface area contributed by atoms with Crippen LogP contribution < -0.4 is 4.90 Å². The van der Waals surface area contributed by atoms with Crippen molar-refractivity contribution in [1.82, 2.24) is 4.57 Å². The van der Waals surface area contributed by atoms with Gasteiger partial charge in [0.05, 0.1) is 11.0 Å². The smallest absolute Gasteiger partial charge is 0.0541 e. The number of benzene rings is 9. The van der Waals surface area contributed by atoms with Crippen molar-refractivity contribution in [3.05, 3.63) is 230 Å². The van der Waals surface area contributed by atoms with Crippen molar-refractivity contribution in [2.45, 2.75) is 19.3 Å². The standard InChI is InChI=1S/C57H42N2/c1-57(2)53-25-12-9-22-48(53)49-35-33-46(38-54(49)57)58(45-32-34-47(40-16-5-3-6-17-40)52(37-45)41-18-7-4-8-19-41)43-30-28-39(29-31-43)42-20-15-21-44(36-42)59-55-26-13-10-23-50(55)51-24-11-14-27-56(51)59/h3-38H,1-2H3. The van der Waals surface area contributed by atoms with Gasteiger partial charge in [-0.25, -0.2) is 0 Å². The first-order valence-electron chi connectivity index (χ1n) is 20.5. The van der Waals surface area contributed by atoms with E-state index in [1.807, 2.05) is 0 Å². The minimum atomic E-state index is -0.120. The van der Waals surface area contributed by atoms with Crippen molar-refractivity contribution in [3.63, 3.8) is 0 Å². The molecule has 0 saturated heterocycles. The maximum atomic E-state index is 2.43. The molecule has 1 aliphatic carbocycles. The minimum absolute atomic E-state index is 0.120. The Hall–Kier alpha value is -7.42. The van der Waals surface area contributed by atoms with Crippen LogP contribution in [0.15, 0.2) is 218 Å². The Kier molecular flexibility index (Phi) is 8.20. The van der Waals surface area contributed by atoms with Gasteiger partial charge in [0, 0.05) is 38.9 Å². The first-order valence-corrected chi connectivity index (χ1v) is 20.5. The van der Waals surface area contributed by atoms with Gasteiger partial charge in [-0.1, -0.05) is 172 Å². The van der Waals surface area contributed by atoms with Crippen molar-refractivity contribution in [2.24, 2.45) is 0 Å². The van der Waals surface area contributed by atoms with Crippen LogP contribution in [0, 0.1) is 0 Å². The molecule has 0 atom stereocenters. The Balaban J connectivity index is 1.05. The summed E-state index contributed by atoms with van der Waals surface area (Å²) in [6.07, 6.45) is 0. The third-order valence-electron chi connectivity index (χ3n) is 12.4. The fraction of sp³-hybridized carbons (Fsp3) is 0.0526. The summed E-state index contributed by atoms with van der Waals surface area (Å²) in [5.74, 6) is 0. The second kappa shape index (κ2) is 13.9. The van der Waals surface area contributed by atoms with Gasteiger partial charge >= 0.3 is 0 Å². The van der Waals surface area contributed by atoms with E-state index >= 15 is 0 Å². The third-order valence-corrected chi connectivity index (χ3v) is 12.4. The van der Waals surface area contributed by atoms with Gasteiger partial charge in [0.2, 0.25) is 0 Å². The van der Waals surface area contributed by atoms with E-state index < -0.39 is 0 Å². The summed E-state index contributed by atoms with van der Waals surface area (Å²) in [6.45, 7) is 4.71. The molecule has 2 nitrogen and oxygen atoms in total. The molecule has 280 valence electrons. The molecule has 1 heterocycles. The summed E-state index contributed by atoms with van der Waals surface area (Å²) in [5, 5.41) is 2.54. The predicted molar refractivity (Wildman–Crippen MR) is 249 cm³/mol. The van der Waals surface area contributed by atoms with E-state index in [-0.39, 0.29) is 5.41 Å². The number of hydrogen-bond acceptors (Lipinski definition) is 1. The number of anilines is 3. The van der Waals surface area contributed by atoms with Gasteiger partial charge in [-0.05, 0) is 116 Å². The first-order chi connectivity index (χ1) is 29.0. The molecule has 0 bridgehead atoms. The molecule has 1 aromatic heterocycles. The van der Waals surface area contributed by atoms with Crippen LogP contribution >= 0.6 is 0 Å². The van der Waals surface area contributed by atoms with Gasteiger partial charge in [-0.2, -0.15) is 0 Å². The highest BCUT2D eigenvalue weighted by molar-refractivity contribution is 6.09. The molecule has 0 fully saturated rings. The molecule has 0 spiro atoms. The van der Waals surface area contributed by atoms with Crippen LogP contribution in [0.25, 0.3) is 72.0 Å². The van der Waals surface area contributed by atoms with E-state index in [1.165, 1.54) is 77.4 Å². The number of fused-ring (bicyclic) bond motifs is 6.